The highest BCUT2D eigenvalue weighted by atomic mass is 32.2. The third-order valence-corrected chi connectivity index (χ3v) is 8.22. The summed E-state index contributed by atoms with van der Waals surface area (Å²) in [7, 11) is -3.68. The molecule has 0 bridgehead atoms. The van der Waals surface area contributed by atoms with E-state index in [1.807, 2.05) is 65.6 Å². The minimum atomic E-state index is -3.68. The van der Waals surface area contributed by atoms with Gasteiger partial charge < -0.3 is 14.2 Å². The molecule has 1 saturated heterocycles. The van der Waals surface area contributed by atoms with Crippen molar-refractivity contribution in [2.75, 3.05) is 6.61 Å². The van der Waals surface area contributed by atoms with Gasteiger partial charge in [0.25, 0.3) is 0 Å². The summed E-state index contributed by atoms with van der Waals surface area (Å²) >= 11 is 0. The molecule has 0 N–H and O–H groups in total. The number of carbonyl (C=O) groups is 1. The van der Waals surface area contributed by atoms with E-state index in [9.17, 15) is 13.2 Å². The standard InChI is InChI=1S/C27H31N3O4S/c31-26(16-21-8-3-1-4-9-21)29(23-13-14-23)18-24-17-28-27(30(24)19-25-12-7-15-34-25)35(32,33)20-22-10-5-2-6-11-22/h1-6,8-11,17,23,25H,7,12-16,18-20H2/t25-/m0/s1. The van der Waals surface area contributed by atoms with Gasteiger partial charge >= 0.3 is 0 Å². The number of carbonyl (C=O) groups excluding carboxylic acids is 1. The van der Waals surface area contributed by atoms with Crippen LogP contribution in [0.25, 0.3) is 0 Å². The molecule has 184 valence electrons. The van der Waals surface area contributed by atoms with Gasteiger partial charge in [0.05, 0.1) is 43.3 Å². The molecule has 1 saturated carbocycles. The molecule has 35 heavy (non-hydrogen) atoms. The van der Waals surface area contributed by atoms with Crippen molar-refractivity contribution in [3.05, 3.63) is 83.7 Å². The van der Waals surface area contributed by atoms with Crippen molar-refractivity contribution in [2.24, 2.45) is 0 Å². The molecule has 1 atom stereocenters. The number of imidazole rings is 1. The van der Waals surface area contributed by atoms with E-state index >= 15 is 0 Å². The van der Waals surface area contributed by atoms with Gasteiger partial charge in [0.15, 0.2) is 0 Å². The Morgan fingerprint density at radius 2 is 1.69 bits per heavy atom. The number of ether oxygens (including phenoxy) is 1. The molecule has 1 amide bonds. The van der Waals surface area contributed by atoms with Crippen LogP contribution in [-0.4, -0.2) is 47.5 Å². The van der Waals surface area contributed by atoms with Crippen molar-refractivity contribution in [1.82, 2.24) is 14.5 Å². The van der Waals surface area contributed by atoms with E-state index in [0.29, 0.717) is 26.1 Å². The van der Waals surface area contributed by atoms with Gasteiger partial charge in [0.2, 0.25) is 20.9 Å². The number of hydrogen-bond acceptors (Lipinski definition) is 5. The third kappa shape index (κ3) is 5.82. The lowest BCUT2D eigenvalue weighted by molar-refractivity contribution is -0.131. The van der Waals surface area contributed by atoms with Gasteiger partial charge in [-0.2, -0.15) is 0 Å². The highest BCUT2D eigenvalue weighted by Gasteiger charge is 2.34. The fourth-order valence-corrected chi connectivity index (χ4v) is 6.17. The molecule has 0 unspecified atom stereocenters. The maximum Gasteiger partial charge on any atom is 0.228 e. The van der Waals surface area contributed by atoms with Crippen LogP contribution in [-0.2, 0) is 44.6 Å². The zero-order valence-electron chi connectivity index (χ0n) is 19.8. The molecule has 2 fully saturated rings. The lowest BCUT2D eigenvalue weighted by Gasteiger charge is -2.24. The normalized spacial score (nSPS) is 18.0. The Balaban J connectivity index is 1.42. The number of amides is 1. The number of sulfone groups is 1. The van der Waals surface area contributed by atoms with Crippen LogP contribution in [0.2, 0.25) is 0 Å². The molecule has 1 aliphatic carbocycles. The smallest absolute Gasteiger partial charge is 0.228 e. The van der Waals surface area contributed by atoms with Gasteiger partial charge in [-0.1, -0.05) is 60.7 Å². The fraction of sp³-hybridized carbons (Fsp3) is 0.407. The third-order valence-electron chi connectivity index (χ3n) is 6.63. The summed E-state index contributed by atoms with van der Waals surface area (Å²) < 4.78 is 34.4. The average Bonchev–Trinajstić information content (AvgIpc) is 3.40. The largest absolute Gasteiger partial charge is 0.376 e. The van der Waals surface area contributed by atoms with Crippen LogP contribution in [0.4, 0.5) is 0 Å². The van der Waals surface area contributed by atoms with Crippen LogP contribution >= 0.6 is 0 Å². The molecule has 1 aromatic heterocycles. The molecule has 2 heterocycles. The van der Waals surface area contributed by atoms with Crippen LogP contribution in [0.1, 0.15) is 42.5 Å². The average molecular weight is 494 g/mol. The Morgan fingerprint density at radius 1 is 1.00 bits per heavy atom. The van der Waals surface area contributed by atoms with Crippen molar-refractivity contribution in [2.45, 2.75) is 68.2 Å². The molecule has 3 aromatic rings. The summed E-state index contributed by atoms with van der Waals surface area (Å²) in [6.07, 6.45) is 5.69. The van der Waals surface area contributed by atoms with Crippen molar-refractivity contribution < 1.29 is 17.9 Å². The molecular formula is C27H31N3O4S. The molecule has 2 aliphatic rings. The number of hydrogen-bond donors (Lipinski definition) is 0. The second-order valence-electron chi connectivity index (χ2n) is 9.44. The minimum Gasteiger partial charge on any atom is -0.376 e. The first-order valence-electron chi connectivity index (χ1n) is 12.3. The second kappa shape index (κ2) is 10.3. The van der Waals surface area contributed by atoms with Gasteiger partial charge in [-0.3, -0.25) is 4.79 Å². The van der Waals surface area contributed by atoms with Crippen molar-refractivity contribution in [3.8, 4) is 0 Å². The molecule has 5 rings (SSSR count). The first-order chi connectivity index (χ1) is 17.0. The molecule has 0 spiro atoms. The van der Waals surface area contributed by atoms with Gasteiger partial charge in [-0.15, -0.1) is 0 Å². The molecule has 7 nitrogen and oxygen atoms in total. The predicted molar refractivity (Wildman–Crippen MR) is 132 cm³/mol. The topological polar surface area (TPSA) is 81.5 Å². The van der Waals surface area contributed by atoms with Gasteiger partial charge in [-0.25, -0.2) is 13.4 Å². The van der Waals surface area contributed by atoms with Crippen LogP contribution in [0.15, 0.2) is 72.0 Å². The summed E-state index contributed by atoms with van der Waals surface area (Å²) in [6, 6.07) is 19.1. The SMILES string of the molecule is O=C(Cc1ccccc1)N(Cc1cnc(S(=O)(=O)Cc2ccccc2)n1C[C@@H]1CCCO1)C1CC1. The van der Waals surface area contributed by atoms with Gasteiger partial charge in [0.1, 0.15) is 0 Å². The Bertz CT molecular complexity index is 1250. The molecule has 0 radical (unpaired) electrons. The lowest BCUT2D eigenvalue weighted by Crippen LogP contribution is -2.35. The Labute approximate surface area is 206 Å². The second-order valence-corrected chi connectivity index (χ2v) is 11.3. The quantitative estimate of drug-likeness (QED) is 0.430. The molecular weight excluding hydrogens is 462 g/mol. The monoisotopic (exact) mass is 493 g/mol. The Morgan fingerprint density at radius 3 is 2.31 bits per heavy atom. The zero-order chi connectivity index (χ0) is 24.3. The van der Waals surface area contributed by atoms with Crippen molar-refractivity contribution in [3.63, 3.8) is 0 Å². The molecule has 2 aromatic carbocycles. The summed E-state index contributed by atoms with van der Waals surface area (Å²) in [4.78, 5) is 19.5. The zero-order valence-corrected chi connectivity index (χ0v) is 20.6. The number of benzene rings is 2. The summed E-state index contributed by atoms with van der Waals surface area (Å²) in [5, 5.41) is 0.0538. The molecule has 1 aliphatic heterocycles. The minimum absolute atomic E-state index is 0.0528. The van der Waals surface area contributed by atoms with E-state index in [0.717, 1.165) is 42.5 Å². The van der Waals surface area contributed by atoms with Crippen LogP contribution in [0, 0.1) is 0 Å². The van der Waals surface area contributed by atoms with E-state index in [4.69, 9.17) is 4.74 Å². The number of nitrogens with zero attached hydrogens (tertiary/aromatic N) is 3. The lowest BCUT2D eigenvalue weighted by atomic mass is 10.1. The predicted octanol–water partition coefficient (Wildman–Crippen LogP) is 3.77. The Hall–Kier alpha value is -2.97. The van der Waals surface area contributed by atoms with E-state index in [1.165, 1.54) is 0 Å². The van der Waals surface area contributed by atoms with E-state index < -0.39 is 9.84 Å². The van der Waals surface area contributed by atoms with Crippen LogP contribution in [0.5, 0.6) is 0 Å². The van der Waals surface area contributed by atoms with E-state index in [-0.39, 0.29) is 29.0 Å². The van der Waals surface area contributed by atoms with Gasteiger partial charge in [0, 0.05) is 12.6 Å². The fourth-order valence-electron chi connectivity index (χ4n) is 4.67. The first kappa shape index (κ1) is 23.8. The van der Waals surface area contributed by atoms with Gasteiger partial charge in [-0.05, 0) is 36.8 Å². The summed E-state index contributed by atoms with van der Waals surface area (Å²) in [5.41, 5.74) is 2.43. The van der Waals surface area contributed by atoms with Crippen molar-refractivity contribution in [1.29, 1.82) is 0 Å². The number of rotatable bonds is 10. The maximum atomic E-state index is 13.4. The van der Waals surface area contributed by atoms with Crippen molar-refractivity contribution >= 4 is 15.7 Å². The Kier molecular flexibility index (Phi) is 7.02. The number of aromatic nitrogens is 2. The van der Waals surface area contributed by atoms with Crippen LogP contribution in [0.3, 0.4) is 0 Å². The summed E-state index contributed by atoms with van der Waals surface area (Å²) in [6.45, 7) is 1.45. The highest BCUT2D eigenvalue weighted by Crippen LogP contribution is 2.30. The molecule has 8 heteroatoms. The maximum absolute atomic E-state index is 13.4. The van der Waals surface area contributed by atoms with Crippen LogP contribution < -0.4 is 0 Å². The first-order valence-corrected chi connectivity index (χ1v) is 13.9. The van der Waals surface area contributed by atoms with E-state index in [1.54, 1.807) is 10.8 Å². The van der Waals surface area contributed by atoms with E-state index in [2.05, 4.69) is 4.98 Å². The summed E-state index contributed by atoms with van der Waals surface area (Å²) in [5.74, 6) is -0.0630. The highest BCUT2D eigenvalue weighted by molar-refractivity contribution is 7.90.